The van der Waals surface area contributed by atoms with Crippen molar-refractivity contribution in [1.29, 1.82) is 0 Å². The van der Waals surface area contributed by atoms with E-state index in [1.54, 1.807) is 12.4 Å². The van der Waals surface area contributed by atoms with Gasteiger partial charge in [0.25, 0.3) is 0 Å². The first kappa shape index (κ1) is 8.21. The molecule has 1 aromatic rings. The van der Waals surface area contributed by atoms with Crippen molar-refractivity contribution in [2.75, 3.05) is 0 Å². The van der Waals surface area contributed by atoms with Crippen LogP contribution in [-0.2, 0) is 4.79 Å². The Morgan fingerprint density at radius 1 is 1.38 bits per heavy atom. The van der Waals surface area contributed by atoms with Crippen LogP contribution < -0.4 is 0 Å². The van der Waals surface area contributed by atoms with Crippen LogP contribution in [0.3, 0.4) is 0 Å². The van der Waals surface area contributed by atoms with Gasteiger partial charge >= 0.3 is 0 Å². The molecule has 66 valence electrons. The normalized spacial score (nSPS) is 21.5. The van der Waals surface area contributed by atoms with Crippen molar-refractivity contribution in [2.45, 2.75) is 25.2 Å². The summed E-state index contributed by atoms with van der Waals surface area (Å²) < 4.78 is 0. The van der Waals surface area contributed by atoms with Crippen molar-refractivity contribution in [3.63, 3.8) is 0 Å². The third-order valence-electron chi connectivity index (χ3n) is 2.61. The van der Waals surface area contributed by atoms with Gasteiger partial charge in [-0.25, -0.2) is 4.79 Å². The van der Waals surface area contributed by atoms with E-state index in [1.165, 1.54) is 5.56 Å². The van der Waals surface area contributed by atoms with E-state index in [1.807, 2.05) is 18.1 Å². The highest BCUT2D eigenvalue weighted by molar-refractivity contribution is 5.54. The molecule has 1 aliphatic carbocycles. The average molecular weight is 173 g/mol. The summed E-state index contributed by atoms with van der Waals surface area (Å²) in [5.41, 5.74) is 2.22. The van der Waals surface area contributed by atoms with E-state index in [4.69, 9.17) is 0 Å². The van der Waals surface area contributed by atoms with Gasteiger partial charge in [-0.15, -0.1) is 0 Å². The molecule has 13 heavy (non-hydrogen) atoms. The topological polar surface area (TPSA) is 30.0 Å². The number of hydrogen-bond donors (Lipinski definition) is 0. The van der Waals surface area contributed by atoms with Gasteiger partial charge in [-0.2, -0.15) is 0 Å². The van der Waals surface area contributed by atoms with Gasteiger partial charge in [0.05, 0.1) is 0 Å². The lowest BCUT2D eigenvalue weighted by atomic mass is 9.99. The molecule has 1 unspecified atom stereocenters. The van der Waals surface area contributed by atoms with E-state index in [2.05, 4.69) is 4.98 Å². The van der Waals surface area contributed by atoms with Gasteiger partial charge in [0, 0.05) is 18.0 Å². The molecule has 0 amide bonds. The molecular weight excluding hydrogens is 162 g/mol. The first-order valence-electron chi connectivity index (χ1n) is 4.53. The van der Waals surface area contributed by atoms with Crippen molar-refractivity contribution in [1.82, 2.24) is 4.98 Å². The minimum Gasteiger partial charge on any atom is -0.265 e. The molecular formula is C11H11NO. The Hall–Kier alpha value is -1.40. The molecule has 2 rings (SSSR count). The fraction of sp³-hybridized carbons (Fsp3) is 0.364. The Kier molecular flexibility index (Phi) is 2.24. The van der Waals surface area contributed by atoms with Gasteiger partial charge in [-0.05, 0) is 42.9 Å². The Labute approximate surface area is 77.3 Å². The SMILES string of the molecule is O=C=C1CCC(c2ccncc2)C1. The second-order valence-corrected chi connectivity index (χ2v) is 3.43. The van der Waals surface area contributed by atoms with E-state index < -0.39 is 0 Å². The van der Waals surface area contributed by atoms with Gasteiger partial charge < -0.3 is 0 Å². The lowest BCUT2D eigenvalue weighted by molar-refractivity contribution is 0.566. The molecule has 1 aromatic heterocycles. The Morgan fingerprint density at radius 3 is 2.77 bits per heavy atom. The summed E-state index contributed by atoms with van der Waals surface area (Å²) in [6.45, 7) is 0. The maximum Gasteiger partial charge on any atom is 0.123 e. The monoisotopic (exact) mass is 173 g/mol. The summed E-state index contributed by atoms with van der Waals surface area (Å²) in [5, 5.41) is 0. The highest BCUT2D eigenvalue weighted by Gasteiger charge is 2.21. The van der Waals surface area contributed by atoms with Crippen molar-refractivity contribution in [3.05, 3.63) is 35.7 Å². The summed E-state index contributed by atoms with van der Waals surface area (Å²) in [7, 11) is 0. The number of allylic oxidation sites excluding steroid dienone is 1. The number of hydrogen-bond acceptors (Lipinski definition) is 2. The lowest BCUT2D eigenvalue weighted by Gasteiger charge is -2.06. The number of aromatic nitrogens is 1. The van der Waals surface area contributed by atoms with Crippen molar-refractivity contribution < 1.29 is 4.79 Å². The second-order valence-electron chi connectivity index (χ2n) is 3.43. The van der Waals surface area contributed by atoms with Crippen LogP contribution in [0.15, 0.2) is 30.1 Å². The summed E-state index contributed by atoms with van der Waals surface area (Å²) in [6.07, 6.45) is 6.48. The summed E-state index contributed by atoms with van der Waals surface area (Å²) in [5.74, 6) is 2.53. The molecule has 0 saturated heterocycles. The highest BCUT2D eigenvalue weighted by Crippen LogP contribution is 2.36. The van der Waals surface area contributed by atoms with Crippen LogP contribution in [0.1, 0.15) is 30.7 Å². The second kappa shape index (κ2) is 3.55. The Morgan fingerprint density at radius 2 is 2.15 bits per heavy atom. The number of pyridine rings is 1. The Balaban J connectivity index is 2.17. The first-order chi connectivity index (χ1) is 6.40. The summed E-state index contributed by atoms with van der Waals surface area (Å²) >= 11 is 0. The van der Waals surface area contributed by atoms with Crippen LogP contribution in [-0.4, -0.2) is 10.9 Å². The van der Waals surface area contributed by atoms with Crippen molar-refractivity contribution in [2.24, 2.45) is 0 Å². The standard InChI is InChI=1S/C11H11NO/c13-8-9-1-2-11(7-9)10-3-5-12-6-4-10/h3-6,11H,1-2,7H2. The molecule has 1 saturated carbocycles. The number of carbonyl (C=O) groups excluding carboxylic acids is 1. The van der Waals surface area contributed by atoms with Gasteiger partial charge in [0.15, 0.2) is 0 Å². The molecule has 2 heteroatoms. The molecule has 0 spiro atoms. The van der Waals surface area contributed by atoms with Crippen LogP contribution in [0.25, 0.3) is 0 Å². The minimum atomic E-state index is 0.513. The zero-order chi connectivity index (χ0) is 9.10. The van der Waals surface area contributed by atoms with Crippen LogP contribution in [0.2, 0.25) is 0 Å². The summed E-state index contributed by atoms with van der Waals surface area (Å²) in [4.78, 5) is 14.4. The van der Waals surface area contributed by atoms with E-state index in [0.29, 0.717) is 5.92 Å². The highest BCUT2D eigenvalue weighted by atomic mass is 16.1. The predicted molar refractivity (Wildman–Crippen MR) is 50.0 cm³/mol. The van der Waals surface area contributed by atoms with Gasteiger partial charge in [-0.3, -0.25) is 4.98 Å². The smallest absolute Gasteiger partial charge is 0.123 e. The lowest BCUT2D eigenvalue weighted by Crippen LogP contribution is -1.91. The summed E-state index contributed by atoms with van der Waals surface area (Å²) in [6, 6.07) is 4.05. The van der Waals surface area contributed by atoms with Crippen LogP contribution in [0.4, 0.5) is 0 Å². The van der Waals surface area contributed by atoms with Crippen LogP contribution in [0, 0.1) is 0 Å². The molecule has 1 heterocycles. The fourth-order valence-corrected chi connectivity index (χ4v) is 1.86. The Bertz CT molecular complexity index is 338. The van der Waals surface area contributed by atoms with Crippen molar-refractivity contribution in [3.8, 4) is 0 Å². The zero-order valence-corrected chi connectivity index (χ0v) is 7.36. The van der Waals surface area contributed by atoms with E-state index in [0.717, 1.165) is 24.8 Å². The molecule has 0 aliphatic heterocycles. The molecule has 1 aliphatic rings. The largest absolute Gasteiger partial charge is 0.265 e. The average Bonchev–Trinajstić information content (AvgIpc) is 2.67. The van der Waals surface area contributed by atoms with Crippen molar-refractivity contribution >= 4 is 5.94 Å². The van der Waals surface area contributed by atoms with E-state index in [9.17, 15) is 4.79 Å². The maximum absolute atomic E-state index is 10.4. The molecule has 1 atom stereocenters. The quantitative estimate of drug-likeness (QED) is 0.609. The van der Waals surface area contributed by atoms with Gasteiger partial charge in [0.2, 0.25) is 0 Å². The fourth-order valence-electron chi connectivity index (χ4n) is 1.86. The molecule has 0 radical (unpaired) electrons. The first-order valence-corrected chi connectivity index (χ1v) is 4.53. The van der Waals surface area contributed by atoms with Gasteiger partial charge in [0.1, 0.15) is 5.94 Å². The third kappa shape index (κ3) is 1.68. The van der Waals surface area contributed by atoms with Crippen LogP contribution in [0.5, 0.6) is 0 Å². The van der Waals surface area contributed by atoms with E-state index in [-0.39, 0.29) is 0 Å². The number of nitrogens with zero attached hydrogens (tertiary/aromatic N) is 1. The third-order valence-corrected chi connectivity index (χ3v) is 2.61. The van der Waals surface area contributed by atoms with Crippen LogP contribution >= 0.6 is 0 Å². The zero-order valence-electron chi connectivity index (χ0n) is 7.36. The number of rotatable bonds is 1. The molecule has 0 N–H and O–H groups in total. The molecule has 0 bridgehead atoms. The molecule has 1 fully saturated rings. The molecule has 0 aromatic carbocycles. The minimum absolute atomic E-state index is 0.513. The molecule has 2 nitrogen and oxygen atoms in total. The van der Waals surface area contributed by atoms with E-state index >= 15 is 0 Å². The maximum atomic E-state index is 10.4. The predicted octanol–water partition coefficient (Wildman–Crippen LogP) is 2.11. The van der Waals surface area contributed by atoms with Gasteiger partial charge in [-0.1, -0.05) is 0 Å².